The summed E-state index contributed by atoms with van der Waals surface area (Å²) in [6.45, 7) is 5.21. The van der Waals surface area contributed by atoms with E-state index >= 15 is 4.39 Å². The lowest BCUT2D eigenvalue weighted by atomic mass is 10.0. The van der Waals surface area contributed by atoms with Gasteiger partial charge < -0.3 is 15.2 Å². The largest absolute Gasteiger partial charge is 0.322 e. The third-order valence-corrected chi connectivity index (χ3v) is 5.70. The smallest absolute Gasteiger partial charge is 0.258 e. The van der Waals surface area contributed by atoms with Gasteiger partial charge in [-0.15, -0.1) is 0 Å². The van der Waals surface area contributed by atoms with E-state index < -0.39 is 22.7 Å². The number of nitrogens with zero attached hydrogens (tertiary/aromatic N) is 5. The van der Waals surface area contributed by atoms with Gasteiger partial charge in [-0.3, -0.25) is 9.20 Å². The minimum absolute atomic E-state index is 0.107. The van der Waals surface area contributed by atoms with Gasteiger partial charge in [-0.1, -0.05) is 6.92 Å². The van der Waals surface area contributed by atoms with E-state index in [1.807, 2.05) is 6.92 Å². The zero-order chi connectivity index (χ0) is 24.5. The lowest BCUT2D eigenvalue weighted by molar-refractivity contribution is 0.621. The number of hydrogen-bond acceptors (Lipinski definition) is 5. The molecule has 0 bridgehead atoms. The van der Waals surface area contributed by atoms with E-state index in [0.717, 1.165) is 10.6 Å². The number of nitriles is 1. The summed E-state index contributed by atoms with van der Waals surface area (Å²) in [6, 6.07) is 8.34. The van der Waals surface area contributed by atoms with Crippen molar-refractivity contribution in [1.82, 2.24) is 9.38 Å². The minimum Gasteiger partial charge on any atom is -0.322 e. The van der Waals surface area contributed by atoms with Crippen LogP contribution in [0.4, 0.5) is 20.2 Å². The fraction of sp³-hybridized carbons (Fsp3) is 0.261. The number of rotatable bonds is 5. The summed E-state index contributed by atoms with van der Waals surface area (Å²) in [5.41, 5.74) is -0.645. The van der Waals surface area contributed by atoms with Crippen molar-refractivity contribution in [3.63, 3.8) is 0 Å². The van der Waals surface area contributed by atoms with E-state index in [2.05, 4.69) is 4.98 Å². The first-order valence-electron chi connectivity index (χ1n) is 10.0. The first-order valence-corrected chi connectivity index (χ1v) is 10.5. The number of anilines is 2. The van der Waals surface area contributed by atoms with E-state index in [1.165, 1.54) is 46.3 Å². The lowest BCUT2D eigenvalue weighted by Gasteiger charge is -2.40. The first-order chi connectivity index (χ1) is 15.5. The molecule has 0 amide bonds. The first kappa shape index (κ1) is 23.9. The van der Waals surface area contributed by atoms with E-state index in [9.17, 15) is 9.18 Å². The van der Waals surface area contributed by atoms with Crippen molar-refractivity contribution in [3.05, 3.63) is 69.8 Å². The fourth-order valence-electron chi connectivity index (χ4n) is 3.32. The predicted molar refractivity (Wildman–Crippen MR) is 128 cm³/mol. The van der Waals surface area contributed by atoms with Crippen LogP contribution < -0.4 is 15.4 Å². The molecule has 2 heterocycles. The second kappa shape index (κ2) is 9.03. The van der Waals surface area contributed by atoms with Gasteiger partial charge in [-0.05, 0) is 50.7 Å². The summed E-state index contributed by atoms with van der Waals surface area (Å²) < 4.78 is 30.4. The second-order valence-electron chi connectivity index (χ2n) is 7.93. The number of benzene rings is 1. The molecule has 3 aromatic rings. The van der Waals surface area contributed by atoms with Crippen LogP contribution in [0.3, 0.4) is 0 Å². The molecule has 0 atom stereocenters. The summed E-state index contributed by atoms with van der Waals surface area (Å²) >= 11 is 5.66. The molecule has 0 fully saturated rings. The maximum Gasteiger partial charge on any atom is 0.258 e. The molecular formula is C23H22F2N6OS. The van der Waals surface area contributed by atoms with Gasteiger partial charge in [0.05, 0.1) is 16.8 Å². The molecule has 33 heavy (non-hydrogen) atoms. The number of nitrogens with one attached hydrogen (secondary N) is 1. The Bertz CT molecular complexity index is 1360. The molecule has 3 rings (SSSR count). The van der Waals surface area contributed by atoms with Gasteiger partial charge in [0, 0.05) is 43.0 Å². The minimum atomic E-state index is -1.03. The van der Waals surface area contributed by atoms with Crippen LogP contribution in [0.5, 0.6) is 0 Å². The van der Waals surface area contributed by atoms with E-state index in [4.69, 9.17) is 22.9 Å². The number of halogens is 2. The number of hydrogen-bond donors (Lipinski definition) is 1. The Labute approximate surface area is 195 Å². The highest BCUT2D eigenvalue weighted by Gasteiger charge is 2.32. The summed E-state index contributed by atoms with van der Waals surface area (Å²) in [6.07, 6.45) is 3.03. The Balaban J connectivity index is 2.17. The molecule has 0 saturated heterocycles. The fourth-order valence-corrected chi connectivity index (χ4v) is 3.76. The molecule has 170 valence electrons. The molecule has 0 aliphatic rings. The number of pyridine rings is 1. The average Bonchev–Trinajstić information content (AvgIpc) is 2.78. The number of aromatic nitrogens is 2. The van der Waals surface area contributed by atoms with Gasteiger partial charge in [0.1, 0.15) is 11.9 Å². The van der Waals surface area contributed by atoms with E-state index in [0.29, 0.717) is 17.8 Å². The zero-order valence-corrected chi connectivity index (χ0v) is 19.4. The standard InChI is InChI=1S/C23H22F2N6OS/c1-5-15-8-20(32)30-12-17(10-19(25)21(30)28-15)31(23(2,3)13-27)22(33)29(4)16-7-6-14(11-26)18(24)9-16/h6-10,12-13,27H,5H2,1-4H3. The molecule has 2 aromatic heterocycles. The molecule has 0 unspecified atom stereocenters. The number of fused-ring (bicyclic) bond motifs is 1. The van der Waals surface area contributed by atoms with Gasteiger partial charge in [-0.2, -0.15) is 5.26 Å². The lowest BCUT2D eigenvalue weighted by Crippen LogP contribution is -2.54. The third kappa shape index (κ3) is 4.45. The second-order valence-corrected chi connectivity index (χ2v) is 8.30. The predicted octanol–water partition coefficient (Wildman–Crippen LogP) is 4.06. The van der Waals surface area contributed by atoms with Crippen molar-refractivity contribution in [1.29, 1.82) is 10.7 Å². The van der Waals surface area contributed by atoms with Crippen LogP contribution >= 0.6 is 12.2 Å². The Morgan fingerprint density at radius 1 is 1.27 bits per heavy atom. The summed E-state index contributed by atoms with van der Waals surface area (Å²) in [4.78, 5) is 19.8. The van der Waals surface area contributed by atoms with Gasteiger partial charge in [0.2, 0.25) is 0 Å². The molecule has 0 saturated carbocycles. The van der Waals surface area contributed by atoms with Crippen LogP contribution in [-0.2, 0) is 6.42 Å². The molecule has 10 heteroatoms. The monoisotopic (exact) mass is 468 g/mol. The van der Waals surface area contributed by atoms with Crippen LogP contribution in [0.1, 0.15) is 32.0 Å². The van der Waals surface area contributed by atoms with Crippen LogP contribution in [0, 0.1) is 28.4 Å². The summed E-state index contributed by atoms with van der Waals surface area (Å²) in [5, 5.41) is 17.0. The normalized spacial score (nSPS) is 11.2. The van der Waals surface area contributed by atoms with Crippen molar-refractivity contribution in [2.75, 3.05) is 16.8 Å². The maximum atomic E-state index is 15.1. The van der Waals surface area contributed by atoms with Gasteiger partial charge in [0.15, 0.2) is 16.6 Å². The Morgan fingerprint density at radius 3 is 2.52 bits per heavy atom. The molecule has 1 N–H and O–H groups in total. The van der Waals surface area contributed by atoms with E-state index in [1.54, 1.807) is 27.0 Å². The molecular weight excluding hydrogens is 446 g/mol. The van der Waals surface area contributed by atoms with Crippen LogP contribution in [0.2, 0.25) is 0 Å². The van der Waals surface area contributed by atoms with Gasteiger partial charge >= 0.3 is 0 Å². The topological polar surface area (TPSA) is 88.5 Å². The molecule has 0 aliphatic carbocycles. The number of aryl methyl sites for hydroxylation is 1. The van der Waals surface area contributed by atoms with Crippen molar-refractivity contribution < 1.29 is 8.78 Å². The van der Waals surface area contributed by atoms with Crippen molar-refractivity contribution >= 4 is 40.6 Å². The summed E-state index contributed by atoms with van der Waals surface area (Å²) in [7, 11) is 1.59. The van der Waals surface area contributed by atoms with E-state index in [-0.39, 0.29) is 22.0 Å². The molecule has 7 nitrogen and oxygen atoms in total. The van der Waals surface area contributed by atoms with Crippen molar-refractivity contribution in [2.45, 2.75) is 32.7 Å². The Morgan fingerprint density at radius 2 is 1.94 bits per heavy atom. The van der Waals surface area contributed by atoms with Gasteiger partial charge in [-0.25, -0.2) is 13.8 Å². The highest BCUT2D eigenvalue weighted by Crippen LogP contribution is 2.28. The molecule has 0 spiro atoms. The number of thiocarbonyl (C=S) groups is 1. The molecule has 1 aromatic carbocycles. The van der Waals surface area contributed by atoms with Crippen LogP contribution in [0.15, 0.2) is 41.3 Å². The highest BCUT2D eigenvalue weighted by atomic mass is 32.1. The molecule has 0 aliphatic heterocycles. The van der Waals surface area contributed by atoms with Crippen LogP contribution in [-0.4, -0.2) is 33.3 Å². The average molecular weight is 469 g/mol. The van der Waals surface area contributed by atoms with Crippen molar-refractivity contribution in [3.8, 4) is 6.07 Å². The third-order valence-electron chi connectivity index (χ3n) is 5.24. The SMILES string of the molecule is CCc1cc(=O)n2cc(N(C(=S)N(C)c3ccc(C#N)c(F)c3)C(C)(C)C=N)cc(F)c2n1. The Kier molecular flexibility index (Phi) is 6.56. The quantitative estimate of drug-likeness (QED) is 0.449. The van der Waals surface area contributed by atoms with Gasteiger partial charge in [0.25, 0.3) is 5.56 Å². The zero-order valence-electron chi connectivity index (χ0n) is 18.6. The highest BCUT2D eigenvalue weighted by molar-refractivity contribution is 7.80. The maximum absolute atomic E-state index is 15.1. The van der Waals surface area contributed by atoms with Crippen LogP contribution in [0.25, 0.3) is 5.65 Å². The Hall–Kier alpha value is -3.71. The summed E-state index contributed by atoms with van der Waals surface area (Å²) in [5.74, 6) is -1.43. The molecule has 0 radical (unpaired) electrons. The van der Waals surface area contributed by atoms with Crippen molar-refractivity contribution in [2.24, 2.45) is 0 Å².